The molecule has 21 heavy (non-hydrogen) atoms. The largest absolute Gasteiger partial charge is 0.366 e. The molecule has 1 amide bonds. The van der Waals surface area contributed by atoms with Crippen molar-refractivity contribution in [2.45, 2.75) is 26.8 Å². The zero-order valence-electron chi connectivity index (χ0n) is 12.6. The van der Waals surface area contributed by atoms with Crippen molar-refractivity contribution >= 4 is 22.8 Å². The van der Waals surface area contributed by atoms with Gasteiger partial charge in [-0.15, -0.1) is 0 Å². The molecule has 0 saturated heterocycles. The number of benzene rings is 1. The molecule has 5 heteroatoms. The Morgan fingerprint density at radius 1 is 1.38 bits per heavy atom. The van der Waals surface area contributed by atoms with Crippen molar-refractivity contribution in [1.82, 2.24) is 5.32 Å². The predicted octanol–water partition coefficient (Wildman–Crippen LogP) is 2.84. The van der Waals surface area contributed by atoms with Crippen molar-refractivity contribution in [3.8, 4) is 0 Å². The monoisotopic (exact) mass is 303 g/mol. The lowest BCUT2D eigenvalue weighted by molar-refractivity contribution is -0.114. The first-order valence-electron chi connectivity index (χ1n) is 7.02. The van der Waals surface area contributed by atoms with E-state index in [0.717, 1.165) is 22.2 Å². The summed E-state index contributed by atoms with van der Waals surface area (Å²) in [5, 5.41) is 4.04. The zero-order chi connectivity index (χ0) is 15.4. The molecule has 1 aliphatic heterocycles. The number of carbonyl (C=O) groups excluding carboxylic acids is 1. The van der Waals surface area contributed by atoms with Gasteiger partial charge in [-0.25, -0.2) is 4.99 Å². The van der Waals surface area contributed by atoms with Crippen molar-refractivity contribution in [2.75, 3.05) is 5.75 Å². The molecule has 3 N–H and O–H groups in total. The fraction of sp³-hybridized carbons (Fsp3) is 0.375. The average molecular weight is 303 g/mol. The smallest absolute Gasteiger partial charge is 0.248 e. The highest BCUT2D eigenvalue weighted by Crippen LogP contribution is 2.31. The molecule has 0 saturated carbocycles. The first-order chi connectivity index (χ1) is 9.99. The maximum atomic E-state index is 11.8. The summed E-state index contributed by atoms with van der Waals surface area (Å²) in [6, 6.07) is 9.47. The van der Waals surface area contributed by atoms with Crippen LogP contribution in [0.2, 0.25) is 0 Å². The van der Waals surface area contributed by atoms with Gasteiger partial charge in [0.15, 0.2) is 5.17 Å². The summed E-state index contributed by atoms with van der Waals surface area (Å²) in [5.74, 6) is 1.13. The van der Waals surface area contributed by atoms with E-state index >= 15 is 0 Å². The number of rotatable bonds is 4. The van der Waals surface area contributed by atoms with Gasteiger partial charge in [-0.3, -0.25) is 4.79 Å². The van der Waals surface area contributed by atoms with Gasteiger partial charge in [0, 0.05) is 11.4 Å². The Bertz CT molecular complexity index is 578. The van der Waals surface area contributed by atoms with Crippen LogP contribution in [0.25, 0.3) is 0 Å². The van der Waals surface area contributed by atoms with E-state index in [1.165, 1.54) is 0 Å². The molecule has 0 radical (unpaired) electrons. The number of amidine groups is 1. The standard InChI is InChI=1S/C16H21N3OS/c1-10(2)9-21-16-18-11(3)13(15(17)20)14(19-16)12-7-5-4-6-8-12/h4-8,10,14H,9H2,1-3H3,(H2,17,20)(H,18,19)/t14-/m1/s1. The topological polar surface area (TPSA) is 67.5 Å². The van der Waals surface area contributed by atoms with Crippen LogP contribution in [0.1, 0.15) is 32.4 Å². The molecule has 1 aliphatic rings. The van der Waals surface area contributed by atoms with Crippen LogP contribution in [0.3, 0.4) is 0 Å². The quantitative estimate of drug-likeness (QED) is 0.898. The number of hydrogen-bond donors (Lipinski definition) is 2. The Kier molecular flexibility index (Phi) is 5.07. The summed E-state index contributed by atoms with van der Waals surface area (Å²) in [7, 11) is 0. The Morgan fingerprint density at radius 2 is 2.05 bits per heavy atom. The predicted molar refractivity (Wildman–Crippen MR) is 88.9 cm³/mol. The lowest BCUT2D eigenvalue weighted by atomic mass is 9.96. The van der Waals surface area contributed by atoms with Gasteiger partial charge in [0.2, 0.25) is 5.91 Å². The van der Waals surface area contributed by atoms with Gasteiger partial charge in [-0.2, -0.15) is 0 Å². The van der Waals surface area contributed by atoms with E-state index in [-0.39, 0.29) is 6.04 Å². The van der Waals surface area contributed by atoms with Crippen LogP contribution in [0.4, 0.5) is 0 Å². The van der Waals surface area contributed by atoms with Gasteiger partial charge in [-0.05, 0) is 18.4 Å². The molecule has 0 aliphatic carbocycles. The SMILES string of the molecule is CC1=C(C(N)=O)[C@@H](c2ccccc2)N=C(SCC(C)C)N1. The summed E-state index contributed by atoms with van der Waals surface area (Å²) < 4.78 is 0. The summed E-state index contributed by atoms with van der Waals surface area (Å²) >= 11 is 1.67. The molecule has 2 rings (SSSR count). The summed E-state index contributed by atoms with van der Waals surface area (Å²) in [4.78, 5) is 16.5. The molecule has 0 unspecified atom stereocenters. The molecule has 1 heterocycles. The van der Waals surface area contributed by atoms with E-state index in [2.05, 4.69) is 24.2 Å². The van der Waals surface area contributed by atoms with Crippen LogP contribution >= 0.6 is 11.8 Å². The third-order valence-electron chi connectivity index (χ3n) is 3.15. The van der Waals surface area contributed by atoms with Crippen LogP contribution in [0.5, 0.6) is 0 Å². The van der Waals surface area contributed by atoms with Crippen LogP contribution in [0.15, 0.2) is 46.6 Å². The second-order valence-corrected chi connectivity index (χ2v) is 6.49. The number of carbonyl (C=O) groups is 1. The third kappa shape index (κ3) is 3.88. The number of nitrogens with one attached hydrogen (secondary N) is 1. The molecule has 0 bridgehead atoms. The molecule has 0 aromatic heterocycles. The second-order valence-electron chi connectivity index (χ2n) is 5.48. The number of nitrogens with two attached hydrogens (primary N) is 1. The molecule has 1 aromatic rings. The van der Waals surface area contributed by atoms with Crippen LogP contribution < -0.4 is 11.1 Å². The second kappa shape index (κ2) is 6.80. The molecule has 1 atom stereocenters. The van der Waals surface area contributed by atoms with E-state index in [1.807, 2.05) is 37.3 Å². The number of amides is 1. The third-order valence-corrected chi connectivity index (χ3v) is 4.47. The summed E-state index contributed by atoms with van der Waals surface area (Å²) in [6.45, 7) is 6.21. The fourth-order valence-corrected chi connectivity index (χ4v) is 3.06. The van der Waals surface area contributed by atoms with E-state index in [1.54, 1.807) is 11.8 Å². The Labute approximate surface area is 129 Å². The maximum Gasteiger partial charge on any atom is 0.248 e. The molecule has 112 valence electrons. The van der Waals surface area contributed by atoms with Crippen LogP contribution in [0, 0.1) is 5.92 Å². The molecular formula is C16H21N3OS. The normalized spacial score (nSPS) is 18.5. The van der Waals surface area contributed by atoms with E-state index in [9.17, 15) is 4.79 Å². The first-order valence-corrected chi connectivity index (χ1v) is 8.00. The Morgan fingerprint density at radius 3 is 2.62 bits per heavy atom. The van der Waals surface area contributed by atoms with Gasteiger partial charge in [0.05, 0.1) is 5.57 Å². The minimum absolute atomic E-state index is 0.320. The van der Waals surface area contributed by atoms with Crippen molar-refractivity contribution in [3.05, 3.63) is 47.2 Å². The molecule has 1 aromatic carbocycles. The zero-order valence-corrected chi connectivity index (χ0v) is 13.4. The van der Waals surface area contributed by atoms with Gasteiger partial charge < -0.3 is 11.1 Å². The van der Waals surface area contributed by atoms with Crippen molar-refractivity contribution in [3.63, 3.8) is 0 Å². The molecule has 0 fully saturated rings. The Hall–Kier alpha value is -1.75. The fourth-order valence-electron chi connectivity index (χ4n) is 2.16. The lowest BCUT2D eigenvalue weighted by Crippen LogP contribution is -2.32. The van der Waals surface area contributed by atoms with Gasteiger partial charge in [-0.1, -0.05) is 55.9 Å². The number of thioether (sulfide) groups is 1. The van der Waals surface area contributed by atoms with E-state index in [4.69, 9.17) is 5.73 Å². The van der Waals surface area contributed by atoms with Crippen LogP contribution in [-0.4, -0.2) is 16.8 Å². The number of primary amides is 1. The Balaban J connectivity index is 2.33. The van der Waals surface area contributed by atoms with E-state index in [0.29, 0.717) is 11.5 Å². The van der Waals surface area contributed by atoms with Crippen molar-refractivity contribution < 1.29 is 4.79 Å². The summed E-state index contributed by atoms with van der Waals surface area (Å²) in [6.07, 6.45) is 0. The number of allylic oxidation sites excluding steroid dienone is 1. The van der Waals surface area contributed by atoms with Gasteiger partial charge in [0.25, 0.3) is 0 Å². The first kappa shape index (κ1) is 15.6. The lowest BCUT2D eigenvalue weighted by Gasteiger charge is -2.25. The number of hydrogen-bond acceptors (Lipinski definition) is 4. The minimum Gasteiger partial charge on any atom is -0.366 e. The highest BCUT2D eigenvalue weighted by Gasteiger charge is 2.27. The van der Waals surface area contributed by atoms with Crippen molar-refractivity contribution in [1.29, 1.82) is 0 Å². The number of aliphatic imine (C=N–C) groups is 1. The molecule has 4 nitrogen and oxygen atoms in total. The van der Waals surface area contributed by atoms with Gasteiger partial charge >= 0.3 is 0 Å². The molecular weight excluding hydrogens is 282 g/mol. The highest BCUT2D eigenvalue weighted by molar-refractivity contribution is 8.13. The number of nitrogens with zero attached hydrogens (tertiary/aromatic N) is 1. The van der Waals surface area contributed by atoms with E-state index < -0.39 is 5.91 Å². The average Bonchev–Trinajstić information content (AvgIpc) is 2.45. The minimum atomic E-state index is -0.425. The van der Waals surface area contributed by atoms with Crippen molar-refractivity contribution in [2.24, 2.45) is 16.6 Å². The molecule has 0 spiro atoms. The van der Waals surface area contributed by atoms with Gasteiger partial charge in [0.1, 0.15) is 6.04 Å². The highest BCUT2D eigenvalue weighted by atomic mass is 32.2. The summed E-state index contributed by atoms with van der Waals surface area (Å²) in [5.41, 5.74) is 7.85. The maximum absolute atomic E-state index is 11.8. The van der Waals surface area contributed by atoms with Crippen LogP contribution in [-0.2, 0) is 4.79 Å².